The fourth-order valence-electron chi connectivity index (χ4n) is 2.73. The fourth-order valence-corrected chi connectivity index (χ4v) is 2.73. The third-order valence-corrected chi connectivity index (χ3v) is 4.24. The number of carbonyl (C=O) groups is 1. The number of rotatable bonds is 5. The van der Waals surface area contributed by atoms with E-state index in [1.165, 1.54) is 25.4 Å². The number of hydrogen-bond acceptors (Lipinski definition) is 6. The highest BCUT2D eigenvalue weighted by Crippen LogP contribution is 2.24. The van der Waals surface area contributed by atoms with Crippen molar-refractivity contribution in [3.63, 3.8) is 0 Å². The van der Waals surface area contributed by atoms with E-state index < -0.39 is 17.0 Å². The Morgan fingerprint density at radius 3 is 2.81 bits per heavy atom. The van der Waals surface area contributed by atoms with E-state index in [1.807, 2.05) is 0 Å². The van der Waals surface area contributed by atoms with Gasteiger partial charge in [0.1, 0.15) is 5.56 Å². The number of aromatic hydroxyl groups is 1. The van der Waals surface area contributed by atoms with Gasteiger partial charge in [0, 0.05) is 30.7 Å². The average Bonchev–Trinajstić information content (AvgIpc) is 2.66. The van der Waals surface area contributed by atoms with Gasteiger partial charge in [-0.15, -0.1) is 0 Å². The molecule has 2 heterocycles. The Hall–Kier alpha value is -3.55. The highest BCUT2D eigenvalue weighted by atomic mass is 16.5. The second-order valence-corrected chi connectivity index (χ2v) is 5.89. The van der Waals surface area contributed by atoms with E-state index in [9.17, 15) is 19.5 Å². The number of methoxy groups -OCH3 is 1. The van der Waals surface area contributed by atoms with Crippen molar-refractivity contribution in [3.8, 4) is 11.5 Å². The van der Waals surface area contributed by atoms with E-state index >= 15 is 0 Å². The summed E-state index contributed by atoms with van der Waals surface area (Å²) in [5.74, 6) is -0.491. The van der Waals surface area contributed by atoms with Gasteiger partial charge in [0.2, 0.25) is 5.43 Å². The van der Waals surface area contributed by atoms with Crippen molar-refractivity contribution in [2.24, 2.45) is 0 Å². The van der Waals surface area contributed by atoms with Crippen LogP contribution in [0.5, 0.6) is 11.5 Å². The molecule has 3 aromatic rings. The second kappa shape index (κ2) is 7.36. The molecule has 0 unspecified atom stereocenters. The molecule has 0 bridgehead atoms. The maximum atomic E-state index is 12.3. The number of benzene rings is 1. The summed E-state index contributed by atoms with van der Waals surface area (Å²) in [5, 5.41) is 12.9. The lowest BCUT2D eigenvalue weighted by atomic mass is 10.1. The topological polar surface area (TPSA) is 111 Å². The molecule has 0 fully saturated rings. The number of ether oxygens (including phenoxy) is 1. The first kappa shape index (κ1) is 18.2. The lowest BCUT2D eigenvalue weighted by Gasteiger charge is -2.12. The smallest absolute Gasteiger partial charge is 0.349 e. The summed E-state index contributed by atoms with van der Waals surface area (Å²) in [6, 6.07) is 7.80. The number of pyridine rings is 1. The summed E-state index contributed by atoms with van der Waals surface area (Å²) in [4.78, 5) is 35.9. The number of nitrogens with zero attached hydrogens (tertiary/aromatic N) is 1. The number of hydrogen-bond donors (Lipinski definition) is 2. The number of para-hydroxylation sites is 1. The van der Waals surface area contributed by atoms with Crippen LogP contribution >= 0.6 is 0 Å². The maximum absolute atomic E-state index is 12.3. The molecular formula is C19H18N2O6. The summed E-state index contributed by atoms with van der Waals surface area (Å²) in [5.41, 5.74) is -0.663. The van der Waals surface area contributed by atoms with Crippen LogP contribution in [0.1, 0.15) is 16.1 Å². The minimum absolute atomic E-state index is 0.116. The monoisotopic (exact) mass is 370 g/mol. The summed E-state index contributed by atoms with van der Waals surface area (Å²) < 4.78 is 12.0. The van der Waals surface area contributed by atoms with Gasteiger partial charge in [-0.25, -0.2) is 4.79 Å². The summed E-state index contributed by atoms with van der Waals surface area (Å²) >= 11 is 0. The number of amides is 1. The first-order valence-electron chi connectivity index (χ1n) is 8.20. The Bertz CT molecular complexity index is 1130. The molecule has 1 amide bonds. The van der Waals surface area contributed by atoms with Crippen molar-refractivity contribution >= 4 is 16.9 Å². The molecule has 2 aromatic heterocycles. The number of nitrogens with one attached hydrogen (secondary N) is 1. The molecule has 1 aromatic carbocycles. The van der Waals surface area contributed by atoms with Crippen molar-refractivity contribution in [1.82, 2.24) is 9.88 Å². The Morgan fingerprint density at radius 1 is 1.30 bits per heavy atom. The molecule has 2 N–H and O–H groups in total. The van der Waals surface area contributed by atoms with Crippen molar-refractivity contribution < 1.29 is 19.1 Å². The van der Waals surface area contributed by atoms with Gasteiger partial charge < -0.3 is 24.1 Å². The van der Waals surface area contributed by atoms with E-state index in [4.69, 9.17) is 9.15 Å². The van der Waals surface area contributed by atoms with Crippen LogP contribution in [0.4, 0.5) is 0 Å². The minimum atomic E-state index is -0.762. The third kappa shape index (κ3) is 3.55. The van der Waals surface area contributed by atoms with Crippen molar-refractivity contribution in [3.05, 3.63) is 68.4 Å². The van der Waals surface area contributed by atoms with Crippen molar-refractivity contribution in [1.29, 1.82) is 0 Å². The summed E-state index contributed by atoms with van der Waals surface area (Å²) in [6.45, 7) is 2.11. The molecule has 3 rings (SSSR count). The standard InChI is InChI=1S/C19H18N2O6/c1-11-16(23)14(22)6-8-21(11)9-7-20-18(24)13-10-12-4-3-5-15(26-2)17(12)27-19(13)25/h3-6,8,10,23H,7,9H2,1-2H3,(H,20,24). The van der Waals surface area contributed by atoms with Gasteiger partial charge in [-0.2, -0.15) is 0 Å². The second-order valence-electron chi connectivity index (χ2n) is 5.89. The van der Waals surface area contributed by atoms with Gasteiger partial charge in [-0.1, -0.05) is 12.1 Å². The molecule has 8 heteroatoms. The molecular weight excluding hydrogens is 352 g/mol. The minimum Gasteiger partial charge on any atom is -0.503 e. The van der Waals surface area contributed by atoms with Crippen LogP contribution in [-0.4, -0.2) is 29.2 Å². The normalized spacial score (nSPS) is 10.7. The van der Waals surface area contributed by atoms with Crippen LogP contribution in [0.15, 0.2) is 50.5 Å². The van der Waals surface area contributed by atoms with Gasteiger partial charge in [-0.3, -0.25) is 9.59 Å². The molecule has 0 saturated carbocycles. The highest BCUT2D eigenvalue weighted by molar-refractivity contribution is 5.97. The lowest BCUT2D eigenvalue weighted by molar-refractivity contribution is 0.0948. The van der Waals surface area contributed by atoms with Crippen LogP contribution in [0.2, 0.25) is 0 Å². The van der Waals surface area contributed by atoms with E-state index in [0.29, 0.717) is 23.4 Å². The third-order valence-electron chi connectivity index (χ3n) is 4.24. The van der Waals surface area contributed by atoms with Gasteiger partial charge in [0.05, 0.1) is 12.8 Å². The molecule has 0 aliphatic carbocycles. The molecule has 0 aliphatic rings. The first-order valence-corrected chi connectivity index (χ1v) is 8.20. The van der Waals surface area contributed by atoms with E-state index in [-0.39, 0.29) is 23.4 Å². The predicted octanol–water partition coefficient (Wildman–Crippen LogP) is 1.41. The molecule has 8 nitrogen and oxygen atoms in total. The Kier molecular flexibility index (Phi) is 4.98. The fraction of sp³-hybridized carbons (Fsp3) is 0.211. The zero-order chi connectivity index (χ0) is 19.6. The first-order chi connectivity index (χ1) is 12.9. The van der Waals surface area contributed by atoms with Crippen molar-refractivity contribution in [2.75, 3.05) is 13.7 Å². The Morgan fingerprint density at radius 2 is 2.07 bits per heavy atom. The molecule has 0 spiro atoms. The maximum Gasteiger partial charge on any atom is 0.349 e. The Balaban J connectivity index is 1.77. The van der Waals surface area contributed by atoms with Crippen molar-refractivity contribution in [2.45, 2.75) is 13.5 Å². The largest absolute Gasteiger partial charge is 0.503 e. The van der Waals surface area contributed by atoms with Gasteiger partial charge >= 0.3 is 5.63 Å². The molecule has 140 valence electrons. The van der Waals surface area contributed by atoms with Crippen LogP contribution in [-0.2, 0) is 6.54 Å². The van der Waals surface area contributed by atoms with Gasteiger partial charge in [0.25, 0.3) is 5.91 Å². The molecule has 0 radical (unpaired) electrons. The lowest BCUT2D eigenvalue weighted by Crippen LogP contribution is -2.31. The van der Waals surface area contributed by atoms with E-state index in [2.05, 4.69) is 5.32 Å². The van der Waals surface area contributed by atoms with E-state index in [1.54, 1.807) is 29.7 Å². The summed E-state index contributed by atoms with van der Waals surface area (Å²) in [7, 11) is 1.46. The number of aromatic nitrogens is 1. The average molecular weight is 370 g/mol. The molecule has 0 aliphatic heterocycles. The zero-order valence-corrected chi connectivity index (χ0v) is 14.8. The van der Waals surface area contributed by atoms with E-state index in [0.717, 1.165) is 0 Å². The molecule has 27 heavy (non-hydrogen) atoms. The van der Waals surface area contributed by atoms with Crippen LogP contribution in [0, 0.1) is 6.92 Å². The zero-order valence-electron chi connectivity index (χ0n) is 14.8. The van der Waals surface area contributed by atoms with Gasteiger partial charge in [-0.05, 0) is 19.1 Å². The molecule has 0 saturated heterocycles. The van der Waals surface area contributed by atoms with Crippen LogP contribution in [0.3, 0.4) is 0 Å². The Labute approximate surface area is 153 Å². The SMILES string of the molecule is COc1cccc2cc(C(=O)NCCn3ccc(=O)c(O)c3C)c(=O)oc12. The van der Waals surface area contributed by atoms with Crippen LogP contribution < -0.4 is 21.1 Å². The summed E-state index contributed by atoms with van der Waals surface area (Å²) in [6.07, 6.45) is 1.53. The van der Waals surface area contributed by atoms with Crippen LogP contribution in [0.25, 0.3) is 11.0 Å². The quantitative estimate of drug-likeness (QED) is 0.657. The highest BCUT2D eigenvalue weighted by Gasteiger charge is 2.15. The molecule has 0 atom stereocenters. The predicted molar refractivity (Wildman–Crippen MR) is 98.5 cm³/mol. The van der Waals surface area contributed by atoms with Gasteiger partial charge in [0.15, 0.2) is 17.1 Å². The number of fused-ring (bicyclic) bond motifs is 1. The number of carbonyl (C=O) groups excluding carboxylic acids is 1.